The minimum Gasteiger partial charge on any atom is -0.494 e. The van der Waals surface area contributed by atoms with E-state index < -0.39 is 6.03 Å². The van der Waals surface area contributed by atoms with Crippen molar-refractivity contribution in [1.82, 2.24) is 5.43 Å². The number of ether oxygens (including phenoxy) is 1. The number of benzene rings is 1. The first kappa shape index (κ1) is 17.0. The van der Waals surface area contributed by atoms with E-state index in [-0.39, 0.29) is 0 Å². The monoisotopic (exact) mass is 291 g/mol. The Kier molecular flexibility index (Phi) is 8.68. The van der Waals surface area contributed by atoms with Crippen molar-refractivity contribution in [2.75, 3.05) is 6.61 Å². The van der Waals surface area contributed by atoms with Gasteiger partial charge in [-0.2, -0.15) is 5.10 Å². The van der Waals surface area contributed by atoms with Gasteiger partial charge in [0.15, 0.2) is 0 Å². The summed E-state index contributed by atoms with van der Waals surface area (Å²) in [5.74, 6) is 0.851. The van der Waals surface area contributed by atoms with Gasteiger partial charge < -0.3 is 10.5 Å². The Balaban J connectivity index is 2.19. The number of primary amides is 1. The van der Waals surface area contributed by atoms with Gasteiger partial charge in [0.05, 0.1) is 12.8 Å². The lowest BCUT2D eigenvalue weighted by atomic mass is 10.1. The SMILES string of the molecule is CCCCCCCCOc1ccc(/C=N/NC(N)=O)cc1. The zero-order chi connectivity index (χ0) is 15.3. The summed E-state index contributed by atoms with van der Waals surface area (Å²) in [5, 5.41) is 3.69. The number of nitrogens with two attached hydrogens (primary N) is 1. The van der Waals surface area contributed by atoms with Crippen LogP contribution in [0.5, 0.6) is 5.75 Å². The number of rotatable bonds is 10. The van der Waals surface area contributed by atoms with E-state index in [0.717, 1.165) is 24.3 Å². The molecule has 0 aromatic heterocycles. The molecule has 2 amide bonds. The van der Waals surface area contributed by atoms with Crippen LogP contribution in [0, 0.1) is 0 Å². The Morgan fingerprint density at radius 3 is 2.52 bits per heavy atom. The molecule has 0 heterocycles. The van der Waals surface area contributed by atoms with Crippen LogP contribution in [0.15, 0.2) is 29.4 Å². The van der Waals surface area contributed by atoms with Crippen molar-refractivity contribution in [2.45, 2.75) is 45.4 Å². The molecule has 0 fully saturated rings. The Hall–Kier alpha value is -2.04. The first-order valence-electron chi connectivity index (χ1n) is 7.53. The lowest BCUT2D eigenvalue weighted by molar-refractivity contribution is 0.249. The molecule has 0 saturated heterocycles. The van der Waals surface area contributed by atoms with E-state index in [2.05, 4.69) is 17.5 Å². The van der Waals surface area contributed by atoms with Crippen LogP contribution in [0.4, 0.5) is 4.79 Å². The molecule has 0 spiro atoms. The molecule has 0 radical (unpaired) electrons. The maximum Gasteiger partial charge on any atom is 0.332 e. The standard InChI is InChI=1S/C16H25N3O2/c1-2-3-4-5-6-7-12-21-15-10-8-14(9-11-15)13-18-19-16(17)20/h8-11,13H,2-7,12H2,1H3,(H3,17,19,20)/b18-13+. The quantitative estimate of drug-likeness (QED) is 0.393. The molecule has 21 heavy (non-hydrogen) atoms. The van der Waals surface area contributed by atoms with E-state index in [0.29, 0.717) is 0 Å². The average Bonchev–Trinajstić information content (AvgIpc) is 2.47. The minimum absolute atomic E-state index is 0.676. The van der Waals surface area contributed by atoms with Gasteiger partial charge in [-0.25, -0.2) is 10.2 Å². The highest BCUT2D eigenvalue weighted by atomic mass is 16.5. The summed E-state index contributed by atoms with van der Waals surface area (Å²) in [6.07, 6.45) is 9.07. The van der Waals surface area contributed by atoms with E-state index >= 15 is 0 Å². The Morgan fingerprint density at radius 1 is 1.19 bits per heavy atom. The predicted octanol–water partition coefficient (Wildman–Crippen LogP) is 3.43. The highest BCUT2D eigenvalue weighted by Gasteiger charge is 1.95. The second-order valence-corrected chi connectivity index (χ2v) is 4.92. The van der Waals surface area contributed by atoms with Gasteiger partial charge in [0, 0.05) is 0 Å². The highest BCUT2D eigenvalue weighted by Crippen LogP contribution is 2.12. The number of amides is 2. The molecular formula is C16H25N3O2. The summed E-state index contributed by atoms with van der Waals surface area (Å²) in [5.41, 5.74) is 7.92. The van der Waals surface area contributed by atoms with Gasteiger partial charge in [-0.15, -0.1) is 0 Å². The summed E-state index contributed by atoms with van der Waals surface area (Å²) in [7, 11) is 0. The van der Waals surface area contributed by atoms with Crippen LogP contribution in [0.3, 0.4) is 0 Å². The van der Waals surface area contributed by atoms with E-state index in [1.807, 2.05) is 24.3 Å². The van der Waals surface area contributed by atoms with Crippen molar-refractivity contribution in [3.63, 3.8) is 0 Å². The Labute approximate surface area is 126 Å². The van der Waals surface area contributed by atoms with Gasteiger partial charge in [-0.3, -0.25) is 0 Å². The van der Waals surface area contributed by atoms with Crippen molar-refractivity contribution in [1.29, 1.82) is 0 Å². The van der Waals surface area contributed by atoms with Crippen molar-refractivity contribution >= 4 is 12.2 Å². The van der Waals surface area contributed by atoms with E-state index in [4.69, 9.17) is 10.5 Å². The van der Waals surface area contributed by atoms with Crippen molar-refractivity contribution in [3.05, 3.63) is 29.8 Å². The fourth-order valence-electron chi connectivity index (χ4n) is 1.89. The number of carbonyl (C=O) groups excluding carboxylic acids is 1. The molecule has 0 unspecified atom stereocenters. The van der Waals surface area contributed by atoms with Gasteiger partial charge in [-0.1, -0.05) is 39.0 Å². The molecule has 0 aliphatic heterocycles. The number of hydrogen-bond donors (Lipinski definition) is 2. The maximum absolute atomic E-state index is 10.5. The summed E-state index contributed by atoms with van der Waals surface area (Å²) in [6.45, 7) is 2.98. The predicted molar refractivity (Wildman–Crippen MR) is 85.6 cm³/mol. The molecule has 1 aromatic carbocycles. The van der Waals surface area contributed by atoms with Crippen LogP contribution in [0.25, 0.3) is 0 Å². The molecule has 0 atom stereocenters. The first-order valence-corrected chi connectivity index (χ1v) is 7.53. The molecule has 116 valence electrons. The fraction of sp³-hybridized carbons (Fsp3) is 0.500. The first-order chi connectivity index (χ1) is 10.2. The number of carbonyl (C=O) groups is 1. The normalized spacial score (nSPS) is 10.7. The molecule has 3 N–H and O–H groups in total. The van der Waals surface area contributed by atoms with E-state index in [1.165, 1.54) is 38.3 Å². The molecule has 1 aromatic rings. The highest BCUT2D eigenvalue weighted by molar-refractivity contribution is 5.81. The fourth-order valence-corrected chi connectivity index (χ4v) is 1.89. The van der Waals surface area contributed by atoms with Crippen LogP contribution in [0.2, 0.25) is 0 Å². The zero-order valence-electron chi connectivity index (χ0n) is 12.7. The third kappa shape index (κ3) is 8.68. The summed E-state index contributed by atoms with van der Waals surface area (Å²) < 4.78 is 5.68. The summed E-state index contributed by atoms with van der Waals surface area (Å²) in [6, 6.07) is 6.86. The third-order valence-corrected chi connectivity index (χ3v) is 3.04. The molecule has 0 aliphatic carbocycles. The van der Waals surface area contributed by atoms with Crippen molar-refractivity contribution in [3.8, 4) is 5.75 Å². The maximum atomic E-state index is 10.5. The van der Waals surface area contributed by atoms with E-state index in [9.17, 15) is 4.79 Å². The van der Waals surface area contributed by atoms with Gasteiger partial charge in [0.2, 0.25) is 0 Å². The molecule has 5 nitrogen and oxygen atoms in total. The summed E-state index contributed by atoms with van der Waals surface area (Å²) in [4.78, 5) is 10.5. The molecule has 0 aliphatic rings. The topological polar surface area (TPSA) is 76.7 Å². The van der Waals surface area contributed by atoms with Gasteiger partial charge >= 0.3 is 6.03 Å². The van der Waals surface area contributed by atoms with Crippen LogP contribution in [-0.4, -0.2) is 18.9 Å². The van der Waals surface area contributed by atoms with Crippen LogP contribution in [-0.2, 0) is 0 Å². The lowest BCUT2D eigenvalue weighted by Gasteiger charge is -2.06. The number of nitrogens with one attached hydrogen (secondary N) is 1. The van der Waals surface area contributed by atoms with Gasteiger partial charge in [-0.05, 0) is 36.2 Å². The minimum atomic E-state index is -0.676. The number of hydrazone groups is 1. The molecule has 0 bridgehead atoms. The zero-order valence-corrected chi connectivity index (χ0v) is 12.7. The van der Waals surface area contributed by atoms with Crippen molar-refractivity contribution < 1.29 is 9.53 Å². The van der Waals surface area contributed by atoms with Gasteiger partial charge in [0.25, 0.3) is 0 Å². The molecular weight excluding hydrogens is 266 g/mol. The lowest BCUT2D eigenvalue weighted by Crippen LogP contribution is -2.24. The molecule has 0 saturated carbocycles. The average molecular weight is 291 g/mol. The van der Waals surface area contributed by atoms with Crippen LogP contribution >= 0.6 is 0 Å². The number of urea groups is 1. The second-order valence-electron chi connectivity index (χ2n) is 4.92. The largest absolute Gasteiger partial charge is 0.494 e. The second kappa shape index (κ2) is 10.7. The molecule has 1 rings (SSSR count). The molecule has 5 heteroatoms. The third-order valence-electron chi connectivity index (χ3n) is 3.04. The van der Waals surface area contributed by atoms with Crippen LogP contribution < -0.4 is 15.9 Å². The number of nitrogens with zero attached hydrogens (tertiary/aromatic N) is 1. The smallest absolute Gasteiger partial charge is 0.332 e. The van der Waals surface area contributed by atoms with Gasteiger partial charge in [0.1, 0.15) is 5.75 Å². The Bertz CT molecular complexity index is 430. The Morgan fingerprint density at radius 2 is 1.86 bits per heavy atom. The van der Waals surface area contributed by atoms with Crippen LogP contribution in [0.1, 0.15) is 51.0 Å². The van der Waals surface area contributed by atoms with E-state index in [1.54, 1.807) is 0 Å². The van der Waals surface area contributed by atoms with Crippen molar-refractivity contribution in [2.24, 2.45) is 10.8 Å². The summed E-state index contributed by atoms with van der Waals surface area (Å²) >= 11 is 0. The number of unbranched alkanes of at least 4 members (excludes halogenated alkanes) is 5. The number of hydrogen-bond acceptors (Lipinski definition) is 3.